The van der Waals surface area contributed by atoms with Crippen LogP contribution in [0, 0.1) is 0 Å². The van der Waals surface area contributed by atoms with Gasteiger partial charge in [-0.3, -0.25) is 9.59 Å². The maximum atomic E-state index is 13.5. The number of alkyl halides is 3. The van der Waals surface area contributed by atoms with Crippen LogP contribution in [-0.4, -0.2) is 26.0 Å². The van der Waals surface area contributed by atoms with E-state index in [9.17, 15) is 31.2 Å². The van der Waals surface area contributed by atoms with E-state index in [2.05, 4.69) is 9.71 Å². The molecule has 0 bridgehead atoms. The molecule has 0 aliphatic carbocycles. The van der Waals surface area contributed by atoms with E-state index in [1.807, 2.05) is 0 Å². The Morgan fingerprint density at radius 1 is 0.974 bits per heavy atom. The fraction of sp³-hybridized carbons (Fsp3) is 0.214. The number of carbonyl (C=O) groups excluding carboxylic acids is 1. The number of esters is 1. The molecule has 0 aliphatic heterocycles. The van der Waals surface area contributed by atoms with E-state index < -0.39 is 39.3 Å². The average molecular weight is 559 g/mol. The summed E-state index contributed by atoms with van der Waals surface area (Å²) in [5, 5.41) is -0.128. The van der Waals surface area contributed by atoms with Crippen molar-refractivity contribution in [2.45, 2.75) is 36.9 Å². The molecule has 3 aromatic carbocycles. The topological polar surface area (TPSA) is 105 Å². The Morgan fingerprint density at radius 3 is 2.28 bits per heavy atom. The van der Waals surface area contributed by atoms with Crippen molar-refractivity contribution < 1.29 is 31.1 Å². The second kappa shape index (κ2) is 11.4. The number of aromatic amines is 1. The van der Waals surface area contributed by atoms with Crippen molar-refractivity contribution in [1.82, 2.24) is 9.71 Å². The summed E-state index contributed by atoms with van der Waals surface area (Å²) in [5.41, 5.74) is 0.0180. The van der Waals surface area contributed by atoms with E-state index in [0.29, 0.717) is 22.8 Å². The molecule has 4 rings (SSSR count). The van der Waals surface area contributed by atoms with Gasteiger partial charge in [-0.1, -0.05) is 48.5 Å². The highest BCUT2D eigenvalue weighted by molar-refractivity contribution is 7.89. The summed E-state index contributed by atoms with van der Waals surface area (Å²) in [6.07, 6.45) is -4.66. The van der Waals surface area contributed by atoms with Gasteiger partial charge in [-0.05, 0) is 54.3 Å². The van der Waals surface area contributed by atoms with Crippen LogP contribution in [0.25, 0.3) is 10.9 Å². The molecular weight excluding hydrogens is 533 g/mol. The standard InChI is InChI=1S/C28H25F3N2O5S/c1-2-38-27(35)17-25(20-6-4-3-5-7-20)33-39(36,37)21-11-8-18(9-12-21)14-19-10-13-24-22(15-19)23(28(29,30)31)16-26(34)32-24/h3-13,15-16,25,33H,2,14,17H2,1H3,(H,32,34). The van der Waals surface area contributed by atoms with Crippen molar-refractivity contribution in [3.05, 3.63) is 111 Å². The number of benzene rings is 3. The molecule has 0 radical (unpaired) electrons. The molecule has 0 saturated heterocycles. The maximum absolute atomic E-state index is 13.5. The highest BCUT2D eigenvalue weighted by Gasteiger charge is 2.33. The van der Waals surface area contributed by atoms with Crippen LogP contribution >= 0.6 is 0 Å². The van der Waals surface area contributed by atoms with Crippen molar-refractivity contribution in [3.63, 3.8) is 0 Å². The molecule has 7 nitrogen and oxygen atoms in total. The van der Waals surface area contributed by atoms with Crippen LogP contribution in [0.2, 0.25) is 0 Å². The first-order chi connectivity index (χ1) is 18.5. The van der Waals surface area contributed by atoms with E-state index in [4.69, 9.17) is 4.74 Å². The molecule has 0 fully saturated rings. The highest BCUT2D eigenvalue weighted by Crippen LogP contribution is 2.34. The molecule has 2 N–H and O–H groups in total. The number of rotatable bonds is 9. The number of pyridine rings is 1. The average Bonchev–Trinajstić information content (AvgIpc) is 2.88. The third-order valence-electron chi connectivity index (χ3n) is 6.03. The van der Waals surface area contributed by atoms with E-state index >= 15 is 0 Å². The van der Waals surface area contributed by atoms with Crippen molar-refractivity contribution in [3.8, 4) is 0 Å². The predicted octanol–water partition coefficient (Wildman–Crippen LogP) is 5.11. The van der Waals surface area contributed by atoms with Crippen molar-refractivity contribution in [1.29, 1.82) is 0 Å². The van der Waals surface area contributed by atoms with E-state index in [0.717, 1.165) is 0 Å². The number of ether oxygens (including phenoxy) is 1. The third-order valence-corrected chi connectivity index (χ3v) is 7.52. The fourth-order valence-electron chi connectivity index (χ4n) is 4.22. The van der Waals surface area contributed by atoms with E-state index in [1.54, 1.807) is 55.5 Å². The van der Waals surface area contributed by atoms with Gasteiger partial charge < -0.3 is 9.72 Å². The number of hydrogen-bond acceptors (Lipinski definition) is 5. The number of aromatic nitrogens is 1. The van der Waals surface area contributed by atoms with Crippen molar-refractivity contribution in [2.24, 2.45) is 0 Å². The van der Waals surface area contributed by atoms with Gasteiger partial charge in [0.05, 0.1) is 29.5 Å². The Hall–Kier alpha value is -3.96. The van der Waals surface area contributed by atoms with E-state index in [1.165, 1.54) is 24.3 Å². The third kappa shape index (κ3) is 6.92. The normalized spacial score (nSPS) is 12.8. The number of carbonyl (C=O) groups is 1. The number of nitrogens with one attached hydrogen (secondary N) is 2. The lowest BCUT2D eigenvalue weighted by molar-refractivity contribution is -0.143. The van der Waals surface area contributed by atoms with Gasteiger partial charge in [-0.15, -0.1) is 0 Å². The van der Waals surface area contributed by atoms with Crippen molar-refractivity contribution in [2.75, 3.05) is 6.61 Å². The zero-order chi connectivity index (χ0) is 28.2. The molecule has 0 saturated carbocycles. The molecule has 1 aromatic heterocycles. The summed E-state index contributed by atoms with van der Waals surface area (Å²) in [4.78, 5) is 26.1. The lowest BCUT2D eigenvalue weighted by Gasteiger charge is -2.19. The Morgan fingerprint density at radius 2 is 1.64 bits per heavy atom. The summed E-state index contributed by atoms with van der Waals surface area (Å²) < 4.78 is 74.3. The molecule has 0 spiro atoms. The van der Waals surface area contributed by atoms with Gasteiger partial charge in [-0.25, -0.2) is 13.1 Å². The molecule has 1 atom stereocenters. The Bertz CT molecular complexity index is 1630. The summed E-state index contributed by atoms with van der Waals surface area (Å²) >= 11 is 0. The number of fused-ring (bicyclic) bond motifs is 1. The predicted molar refractivity (Wildman–Crippen MR) is 140 cm³/mol. The summed E-state index contributed by atoms with van der Waals surface area (Å²) in [6, 6.07) is 18.6. The minimum absolute atomic E-state index is 0.0357. The van der Waals surface area contributed by atoms with Gasteiger partial charge in [0.25, 0.3) is 0 Å². The summed E-state index contributed by atoms with van der Waals surface area (Å²) in [7, 11) is -4.03. The van der Waals surface area contributed by atoms with Gasteiger partial charge in [-0.2, -0.15) is 13.2 Å². The van der Waals surface area contributed by atoms with E-state index in [-0.39, 0.29) is 35.2 Å². The largest absolute Gasteiger partial charge is 0.466 e. The molecule has 204 valence electrons. The van der Waals surface area contributed by atoms with Crippen LogP contribution in [0.4, 0.5) is 13.2 Å². The minimum atomic E-state index is -4.70. The molecule has 1 unspecified atom stereocenters. The SMILES string of the molecule is CCOC(=O)CC(NS(=O)(=O)c1ccc(Cc2ccc3[nH]c(=O)cc(C(F)(F)F)c3c2)cc1)c1ccccc1. The first-order valence-corrected chi connectivity index (χ1v) is 13.5. The smallest absolute Gasteiger partial charge is 0.417 e. The number of sulfonamides is 1. The Labute approximate surface area is 222 Å². The second-order valence-corrected chi connectivity index (χ2v) is 10.6. The summed E-state index contributed by atoms with van der Waals surface area (Å²) in [6.45, 7) is 1.83. The molecule has 11 heteroatoms. The van der Waals surface area contributed by atoms with Crippen LogP contribution in [0.5, 0.6) is 0 Å². The fourth-order valence-corrected chi connectivity index (χ4v) is 5.45. The van der Waals surface area contributed by atoms with Gasteiger partial charge in [0.15, 0.2) is 0 Å². The zero-order valence-corrected chi connectivity index (χ0v) is 21.6. The van der Waals surface area contributed by atoms with Gasteiger partial charge in [0.1, 0.15) is 0 Å². The molecule has 1 heterocycles. The van der Waals surface area contributed by atoms with Crippen LogP contribution in [0.1, 0.15) is 41.6 Å². The van der Waals surface area contributed by atoms with Crippen LogP contribution in [0.3, 0.4) is 0 Å². The Kier molecular flexibility index (Phi) is 8.22. The minimum Gasteiger partial charge on any atom is -0.466 e. The molecule has 39 heavy (non-hydrogen) atoms. The number of H-pyrrole nitrogens is 1. The highest BCUT2D eigenvalue weighted by atomic mass is 32.2. The lowest BCUT2D eigenvalue weighted by Crippen LogP contribution is -2.30. The van der Waals surface area contributed by atoms with Gasteiger partial charge in [0, 0.05) is 17.0 Å². The quantitative estimate of drug-likeness (QED) is 0.278. The molecule has 0 aliphatic rings. The molecular formula is C28H25F3N2O5S. The first-order valence-electron chi connectivity index (χ1n) is 12.0. The maximum Gasteiger partial charge on any atom is 0.417 e. The van der Waals surface area contributed by atoms with Crippen molar-refractivity contribution >= 4 is 26.9 Å². The van der Waals surface area contributed by atoms with Crippen LogP contribution in [0.15, 0.2) is 88.6 Å². The van der Waals surface area contributed by atoms with Crippen LogP contribution in [-0.2, 0) is 32.2 Å². The van der Waals surface area contributed by atoms with Crippen LogP contribution < -0.4 is 10.3 Å². The van der Waals surface area contributed by atoms with Gasteiger partial charge >= 0.3 is 12.1 Å². The summed E-state index contributed by atoms with van der Waals surface area (Å²) in [5.74, 6) is -0.544. The monoisotopic (exact) mass is 558 g/mol. The number of halogens is 3. The molecule has 4 aromatic rings. The molecule has 0 amide bonds. The van der Waals surface area contributed by atoms with Gasteiger partial charge in [0.2, 0.25) is 15.6 Å². The lowest BCUT2D eigenvalue weighted by atomic mass is 10.0. The second-order valence-electron chi connectivity index (χ2n) is 8.84. The first kappa shape index (κ1) is 28.1. The Balaban J connectivity index is 1.56. The number of hydrogen-bond donors (Lipinski definition) is 2. The zero-order valence-electron chi connectivity index (χ0n) is 20.8.